The molecular weight excluding hydrogens is 382 g/mol. The van der Waals surface area contributed by atoms with Crippen LogP contribution in [0.2, 0.25) is 0 Å². The molecule has 0 saturated heterocycles. The Morgan fingerprint density at radius 2 is 2.13 bits per heavy atom. The average molecular weight is 394 g/mol. The molecule has 1 aliphatic heterocycles. The van der Waals surface area contributed by atoms with Crippen LogP contribution in [0.15, 0.2) is 40.4 Å². The maximum atomic E-state index is 12.3. The van der Waals surface area contributed by atoms with Crippen LogP contribution in [-0.4, -0.2) is 25.6 Å². The molecule has 23 heavy (non-hydrogen) atoms. The smallest absolute Gasteiger partial charge is 0.348 e. The number of carbonyl (C=O) groups excluding carboxylic acids is 2. The Morgan fingerprint density at radius 3 is 2.91 bits per heavy atom. The van der Waals surface area contributed by atoms with Crippen LogP contribution in [0, 0.1) is 0 Å². The zero-order chi connectivity index (χ0) is 16.4. The molecule has 0 fully saturated rings. The van der Waals surface area contributed by atoms with Crippen molar-refractivity contribution in [3.63, 3.8) is 0 Å². The van der Waals surface area contributed by atoms with E-state index in [1.54, 1.807) is 18.2 Å². The van der Waals surface area contributed by atoms with Crippen molar-refractivity contribution in [2.75, 3.05) is 19.0 Å². The number of anilines is 1. The Kier molecular flexibility index (Phi) is 4.49. The maximum absolute atomic E-state index is 12.3. The van der Waals surface area contributed by atoms with Crippen LogP contribution in [0.4, 0.5) is 5.00 Å². The zero-order valence-electron chi connectivity index (χ0n) is 12.1. The second kappa shape index (κ2) is 6.55. The second-order valence-electron chi connectivity index (χ2n) is 4.75. The standard InChI is InChI=1S/C16H12BrNO4S/c1-21-16(20)13-4-5-14(23-13)18-15(19)10-6-9-7-11(17)2-3-12(9)22-8-10/h2-7H,8H2,1H3,(H,18,19). The van der Waals surface area contributed by atoms with E-state index in [1.807, 2.05) is 18.2 Å². The molecule has 7 heteroatoms. The van der Waals surface area contributed by atoms with E-state index in [1.165, 1.54) is 7.11 Å². The molecule has 1 N–H and O–H groups in total. The van der Waals surface area contributed by atoms with Gasteiger partial charge in [-0.2, -0.15) is 0 Å². The summed E-state index contributed by atoms with van der Waals surface area (Å²) >= 11 is 4.56. The summed E-state index contributed by atoms with van der Waals surface area (Å²) < 4.78 is 11.1. The molecule has 0 atom stereocenters. The van der Waals surface area contributed by atoms with E-state index < -0.39 is 5.97 Å². The Balaban J connectivity index is 1.76. The van der Waals surface area contributed by atoms with Crippen LogP contribution in [0.3, 0.4) is 0 Å². The highest BCUT2D eigenvalue weighted by Gasteiger charge is 2.18. The van der Waals surface area contributed by atoms with Crippen LogP contribution in [0.25, 0.3) is 6.08 Å². The van der Waals surface area contributed by atoms with Gasteiger partial charge in [0.05, 0.1) is 17.7 Å². The fourth-order valence-corrected chi connectivity index (χ4v) is 3.29. The Bertz CT molecular complexity index is 812. The number of benzene rings is 1. The lowest BCUT2D eigenvalue weighted by molar-refractivity contribution is -0.113. The summed E-state index contributed by atoms with van der Waals surface area (Å²) in [5, 5.41) is 3.35. The molecule has 0 spiro atoms. The van der Waals surface area contributed by atoms with Crippen LogP contribution in [0.5, 0.6) is 5.75 Å². The summed E-state index contributed by atoms with van der Waals surface area (Å²) in [7, 11) is 1.32. The lowest BCUT2D eigenvalue weighted by atomic mass is 10.1. The van der Waals surface area contributed by atoms with E-state index in [0.29, 0.717) is 15.5 Å². The molecule has 1 amide bonds. The summed E-state index contributed by atoms with van der Waals surface area (Å²) in [4.78, 5) is 24.2. The minimum absolute atomic E-state index is 0.204. The number of amides is 1. The van der Waals surface area contributed by atoms with E-state index in [2.05, 4.69) is 26.0 Å². The van der Waals surface area contributed by atoms with Gasteiger partial charge in [-0.3, -0.25) is 4.79 Å². The first-order valence-corrected chi connectivity index (χ1v) is 8.30. The summed E-state index contributed by atoms with van der Waals surface area (Å²) in [5.74, 6) is 0.0669. The van der Waals surface area contributed by atoms with Gasteiger partial charge in [0.2, 0.25) is 0 Å². The largest absolute Gasteiger partial charge is 0.488 e. The van der Waals surface area contributed by atoms with Crippen molar-refractivity contribution in [3.8, 4) is 5.75 Å². The average Bonchev–Trinajstić information content (AvgIpc) is 3.01. The van der Waals surface area contributed by atoms with E-state index >= 15 is 0 Å². The van der Waals surface area contributed by atoms with Gasteiger partial charge >= 0.3 is 5.97 Å². The fraction of sp³-hybridized carbons (Fsp3) is 0.125. The highest BCUT2D eigenvalue weighted by atomic mass is 79.9. The molecule has 5 nitrogen and oxygen atoms in total. The predicted octanol–water partition coefficient (Wildman–Crippen LogP) is 3.71. The number of carbonyl (C=O) groups is 2. The number of methoxy groups -OCH3 is 1. The van der Waals surface area contributed by atoms with E-state index in [0.717, 1.165) is 27.1 Å². The number of nitrogens with one attached hydrogen (secondary N) is 1. The molecule has 0 saturated carbocycles. The first kappa shape index (κ1) is 15.8. The number of thiophene rings is 1. The quantitative estimate of drug-likeness (QED) is 0.807. The van der Waals surface area contributed by atoms with Crippen LogP contribution in [0.1, 0.15) is 15.2 Å². The van der Waals surface area contributed by atoms with Crippen molar-refractivity contribution in [3.05, 3.63) is 50.8 Å². The highest BCUT2D eigenvalue weighted by Crippen LogP contribution is 2.30. The third-order valence-electron chi connectivity index (χ3n) is 3.21. The third kappa shape index (κ3) is 3.46. The normalized spacial score (nSPS) is 12.7. The van der Waals surface area contributed by atoms with Gasteiger partial charge < -0.3 is 14.8 Å². The van der Waals surface area contributed by atoms with Gasteiger partial charge in [0.1, 0.15) is 17.2 Å². The van der Waals surface area contributed by atoms with Crippen molar-refractivity contribution in [1.82, 2.24) is 0 Å². The van der Waals surface area contributed by atoms with Crippen molar-refractivity contribution in [2.24, 2.45) is 0 Å². The van der Waals surface area contributed by atoms with Gasteiger partial charge in [-0.05, 0) is 36.4 Å². The second-order valence-corrected chi connectivity index (χ2v) is 6.75. The summed E-state index contributed by atoms with van der Waals surface area (Å²) in [5.41, 5.74) is 1.36. The van der Waals surface area contributed by atoms with Crippen molar-refractivity contribution < 1.29 is 19.1 Å². The zero-order valence-corrected chi connectivity index (χ0v) is 14.5. The Labute approximate surface area is 145 Å². The van der Waals surface area contributed by atoms with Gasteiger partial charge in [-0.25, -0.2) is 4.79 Å². The minimum Gasteiger partial charge on any atom is -0.488 e. The number of halogens is 1. The molecule has 3 rings (SSSR count). The lowest BCUT2D eigenvalue weighted by Gasteiger charge is -2.17. The summed E-state index contributed by atoms with van der Waals surface area (Å²) in [6, 6.07) is 8.92. The third-order valence-corrected chi connectivity index (χ3v) is 4.68. The van der Waals surface area contributed by atoms with Crippen molar-refractivity contribution in [2.45, 2.75) is 0 Å². The van der Waals surface area contributed by atoms with E-state index in [4.69, 9.17) is 4.74 Å². The van der Waals surface area contributed by atoms with Crippen LogP contribution >= 0.6 is 27.3 Å². The molecular formula is C16H12BrNO4S. The fourth-order valence-electron chi connectivity index (χ4n) is 2.09. The lowest BCUT2D eigenvalue weighted by Crippen LogP contribution is -2.20. The Hall–Kier alpha value is -2.12. The predicted molar refractivity (Wildman–Crippen MR) is 91.9 cm³/mol. The van der Waals surface area contributed by atoms with Crippen LogP contribution < -0.4 is 10.1 Å². The van der Waals surface area contributed by atoms with E-state index in [-0.39, 0.29) is 12.5 Å². The number of hydrogen-bond acceptors (Lipinski definition) is 5. The molecule has 0 unspecified atom stereocenters. The number of fused-ring (bicyclic) bond motifs is 1. The first-order chi connectivity index (χ1) is 11.1. The monoisotopic (exact) mass is 393 g/mol. The summed E-state index contributed by atoms with van der Waals surface area (Å²) in [6.07, 6.45) is 1.80. The molecule has 1 aromatic heterocycles. The van der Waals surface area contributed by atoms with Gasteiger partial charge in [0.15, 0.2) is 0 Å². The SMILES string of the molecule is COC(=O)c1ccc(NC(=O)C2=Cc3cc(Br)ccc3OC2)s1. The molecule has 1 aromatic carbocycles. The van der Waals surface area contributed by atoms with Gasteiger partial charge in [-0.1, -0.05) is 15.9 Å². The minimum atomic E-state index is -0.422. The Morgan fingerprint density at radius 1 is 1.30 bits per heavy atom. The number of ether oxygens (including phenoxy) is 2. The van der Waals surface area contributed by atoms with Crippen molar-refractivity contribution in [1.29, 1.82) is 0 Å². The molecule has 0 radical (unpaired) electrons. The molecule has 0 bridgehead atoms. The maximum Gasteiger partial charge on any atom is 0.348 e. The molecule has 118 valence electrons. The summed E-state index contributed by atoms with van der Waals surface area (Å²) in [6.45, 7) is 0.204. The molecule has 2 heterocycles. The number of esters is 1. The van der Waals surface area contributed by atoms with Gasteiger partial charge in [-0.15, -0.1) is 11.3 Å². The highest BCUT2D eigenvalue weighted by molar-refractivity contribution is 9.10. The van der Waals surface area contributed by atoms with Crippen LogP contribution in [-0.2, 0) is 9.53 Å². The van der Waals surface area contributed by atoms with E-state index in [9.17, 15) is 9.59 Å². The van der Waals surface area contributed by atoms with Gasteiger partial charge in [0.25, 0.3) is 5.91 Å². The molecule has 0 aliphatic carbocycles. The van der Waals surface area contributed by atoms with Gasteiger partial charge in [0, 0.05) is 10.0 Å². The molecule has 1 aliphatic rings. The molecule has 2 aromatic rings. The number of rotatable bonds is 3. The van der Waals surface area contributed by atoms with Crippen molar-refractivity contribution >= 4 is 50.2 Å². The first-order valence-electron chi connectivity index (χ1n) is 6.69. The topological polar surface area (TPSA) is 64.6 Å². The number of hydrogen-bond donors (Lipinski definition) is 1.